The molecule has 0 atom stereocenters. The Labute approximate surface area is 329 Å². The highest BCUT2D eigenvalue weighted by atomic mass is 32.1. The van der Waals surface area contributed by atoms with Gasteiger partial charge in [0, 0.05) is 37.2 Å². The Morgan fingerprint density at radius 3 is 1.79 bits per heavy atom. The van der Waals surface area contributed by atoms with E-state index in [2.05, 4.69) is 188 Å². The third-order valence-electron chi connectivity index (χ3n) is 11.9. The smallest absolute Gasteiger partial charge is 0.160 e. The summed E-state index contributed by atoms with van der Waals surface area (Å²) in [7, 11) is 0. The Morgan fingerprint density at radius 1 is 0.375 bits per heavy atom. The topological polar surface area (TPSA) is 25.8 Å². The van der Waals surface area contributed by atoms with E-state index in [1.165, 1.54) is 70.2 Å². The summed E-state index contributed by atoms with van der Waals surface area (Å²) >= 11 is 1.95. The number of rotatable bonds is 4. The molecule has 1 spiro atoms. The fourth-order valence-corrected chi connectivity index (χ4v) is 10.9. The zero-order chi connectivity index (χ0) is 36.8. The van der Waals surface area contributed by atoms with Crippen LogP contribution in [0, 0.1) is 0 Å². The highest BCUT2D eigenvalue weighted by Crippen LogP contribution is 2.66. The lowest BCUT2D eigenvalue weighted by Crippen LogP contribution is -2.24. The SMILES string of the molecule is c1ccc(-c2nc(-c3ccc4ccccc4c3)cc(-c3ccccc3-c3ccc4c(c3)-c3c(sc5ccccc35)C43c4ccccc4-c4ccccc43)n2)cc1. The molecule has 0 saturated carbocycles. The van der Waals surface area contributed by atoms with E-state index < -0.39 is 0 Å². The molecular formula is C53H32N2S. The van der Waals surface area contributed by atoms with Crippen molar-refractivity contribution in [2.45, 2.75) is 5.41 Å². The molecule has 10 aromatic rings. The highest BCUT2D eigenvalue weighted by Gasteiger charge is 2.53. The fourth-order valence-electron chi connectivity index (χ4n) is 9.47. The van der Waals surface area contributed by atoms with Crippen molar-refractivity contribution in [1.82, 2.24) is 9.97 Å². The van der Waals surface area contributed by atoms with Gasteiger partial charge in [0.05, 0.1) is 16.8 Å². The van der Waals surface area contributed by atoms with Gasteiger partial charge in [-0.1, -0.05) is 170 Å². The maximum Gasteiger partial charge on any atom is 0.160 e. The molecule has 2 aliphatic rings. The molecule has 0 fully saturated rings. The normalized spacial score (nSPS) is 13.1. The summed E-state index contributed by atoms with van der Waals surface area (Å²) in [6, 6.07) is 70.5. The molecule has 0 amide bonds. The van der Waals surface area contributed by atoms with Crippen molar-refractivity contribution in [3.8, 4) is 67.3 Å². The Hall–Kier alpha value is -6.94. The maximum atomic E-state index is 5.29. The Bertz CT molecular complexity index is 3170. The molecule has 3 heteroatoms. The average Bonchev–Trinajstić information content (AvgIpc) is 3.90. The molecule has 8 aromatic carbocycles. The van der Waals surface area contributed by atoms with Crippen molar-refractivity contribution in [3.63, 3.8) is 0 Å². The van der Waals surface area contributed by atoms with E-state index in [-0.39, 0.29) is 5.41 Å². The van der Waals surface area contributed by atoms with Crippen LogP contribution in [-0.2, 0) is 5.41 Å². The van der Waals surface area contributed by atoms with E-state index in [1.807, 2.05) is 17.4 Å². The van der Waals surface area contributed by atoms with Gasteiger partial charge in [-0.2, -0.15) is 0 Å². The van der Waals surface area contributed by atoms with Crippen LogP contribution in [0.3, 0.4) is 0 Å². The van der Waals surface area contributed by atoms with Crippen LogP contribution in [0.5, 0.6) is 0 Å². The monoisotopic (exact) mass is 728 g/mol. The van der Waals surface area contributed by atoms with Crippen LogP contribution in [0.1, 0.15) is 21.6 Å². The Kier molecular flexibility index (Phi) is 6.75. The Morgan fingerprint density at radius 2 is 0.982 bits per heavy atom. The van der Waals surface area contributed by atoms with Gasteiger partial charge in [0.25, 0.3) is 0 Å². The molecule has 12 rings (SSSR count). The van der Waals surface area contributed by atoms with Crippen molar-refractivity contribution >= 4 is 32.2 Å². The van der Waals surface area contributed by atoms with Gasteiger partial charge in [-0.05, 0) is 79.5 Å². The summed E-state index contributed by atoms with van der Waals surface area (Å²) in [5, 5.41) is 3.72. The highest BCUT2D eigenvalue weighted by molar-refractivity contribution is 7.20. The van der Waals surface area contributed by atoms with Crippen LogP contribution < -0.4 is 0 Å². The summed E-state index contributed by atoms with van der Waals surface area (Å²) < 4.78 is 1.32. The van der Waals surface area contributed by atoms with Gasteiger partial charge in [-0.25, -0.2) is 9.97 Å². The lowest BCUT2D eigenvalue weighted by Gasteiger charge is -2.29. The van der Waals surface area contributed by atoms with Crippen LogP contribution in [0.4, 0.5) is 0 Å². The van der Waals surface area contributed by atoms with Crippen molar-refractivity contribution in [2.24, 2.45) is 0 Å². The number of thiophene rings is 1. The lowest BCUT2D eigenvalue weighted by molar-refractivity contribution is 0.812. The summed E-state index contributed by atoms with van der Waals surface area (Å²) in [6.07, 6.45) is 0. The summed E-state index contributed by atoms with van der Waals surface area (Å²) in [4.78, 5) is 11.9. The van der Waals surface area contributed by atoms with Gasteiger partial charge in [0.2, 0.25) is 0 Å². The van der Waals surface area contributed by atoms with Crippen molar-refractivity contribution < 1.29 is 0 Å². The zero-order valence-corrected chi connectivity index (χ0v) is 31.1. The predicted molar refractivity (Wildman–Crippen MR) is 233 cm³/mol. The van der Waals surface area contributed by atoms with E-state index in [9.17, 15) is 0 Å². The van der Waals surface area contributed by atoms with Crippen molar-refractivity contribution in [2.75, 3.05) is 0 Å². The second-order valence-electron chi connectivity index (χ2n) is 14.8. The van der Waals surface area contributed by atoms with E-state index in [0.717, 1.165) is 33.6 Å². The second kappa shape index (κ2) is 12.0. The first-order valence-corrected chi connectivity index (χ1v) is 20.0. The summed E-state index contributed by atoms with van der Waals surface area (Å²) in [5.74, 6) is 0.713. The summed E-state index contributed by atoms with van der Waals surface area (Å²) in [5.41, 5.74) is 16.3. The second-order valence-corrected chi connectivity index (χ2v) is 15.9. The molecular weight excluding hydrogens is 697 g/mol. The molecule has 2 nitrogen and oxygen atoms in total. The van der Waals surface area contributed by atoms with Crippen LogP contribution in [-0.4, -0.2) is 9.97 Å². The molecule has 0 unspecified atom stereocenters. The van der Waals surface area contributed by atoms with E-state index in [4.69, 9.17) is 9.97 Å². The van der Waals surface area contributed by atoms with Gasteiger partial charge in [-0.15, -0.1) is 11.3 Å². The third kappa shape index (κ3) is 4.43. The molecule has 0 saturated heterocycles. The number of hydrogen-bond donors (Lipinski definition) is 0. The molecule has 0 bridgehead atoms. The van der Waals surface area contributed by atoms with Gasteiger partial charge in [0.1, 0.15) is 0 Å². The zero-order valence-electron chi connectivity index (χ0n) is 30.3. The fraction of sp³-hybridized carbons (Fsp3) is 0.0189. The van der Waals surface area contributed by atoms with E-state index in [1.54, 1.807) is 0 Å². The van der Waals surface area contributed by atoms with E-state index >= 15 is 0 Å². The van der Waals surface area contributed by atoms with Crippen LogP contribution >= 0.6 is 11.3 Å². The lowest BCUT2D eigenvalue weighted by atomic mass is 9.73. The van der Waals surface area contributed by atoms with Crippen LogP contribution in [0.15, 0.2) is 194 Å². The van der Waals surface area contributed by atoms with Gasteiger partial charge in [0.15, 0.2) is 5.82 Å². The molecule has 0 N–H and O–H groups in total. The minimum absolute atomic E-state index is 0.369. The van der Waals surface area contributed by atoms with Crippen LogP contribution in [0.2, 0.25) is 0 Å². The molecule has 2 aliphatic carbocycles. The molecule has 56 heavy (non-hydrogen) atoms. The minimum Gasteiger partial charge on any atom is -0.228 e. The van der Waals surface area contributed by atoms with Gasteiger partial charge < -0.3 is 0 Å². The molecule has 0 radical (unpaired) electrons. The molecule has 0 aliphatic heterocycles. The number of hydrogen-bond acceptors (Lipinski definition) is 3. The third-order valence-corrected chi connectivity index (χ3v) is 13.2. The quantitative estimate of drug-likeness (QED) is 0.180. The molecule has 2 aromatic heterocycles. The number of aromatic nitrogens is 2. The standard InChI is InChI=1S/C53H32N2S/c1-2-15-34(16-3-1)52-54-47(37-27-26-33-14-4-5-17-35(33)30-37)32-48(55-52)41-21-7-6-18-38(41)36-28-29-46-43(31-36)50-42-22-10-13-25-49(42)56-51(50)53(46)44-23-11-8-19-39(44)40-20-9-12-24-45(40)53/h1-32H. The first-order valence-electron chi connectivity index (χ1n) is 19.2. The minimum atomic E-state index is -0.369. The number of nitrogens with zero attached hydrogens (tertiary/aromatic N) is 2. The number of benzene rings is 8. The first kappa shape index (κ1) is 31.4. The predicted octanol–water partition coefficient (Wildman–Crippen LogP) is 13.9. The van der Waals surface area contributed by atoms with Gasteiger partial charge >= 0.3 is 0 Å². The first-order chi connectivity index (χ1) is 27.8. The van der Waals surface area contributed by atoms with Gasteiger partial charge in [-0.3, -0.25) is 0 Å². The average molecular weight is 729 g/mol. The van der Waals surface area contributed by atoms with Crippen LogP contribution in [0.25, 0.3) is 88.1 Å². The number of fused-ring (bicyclic) bond motifs is 13. The maximum absolute atomic E-state index is 5.29. The largest absolute Gasteiger partial charge is 0.228 e. The Balaban J connectivity index is 1.08. The van der Waals surface area contributed by atoms with E-state index in [0.29, 0.717) is 5.82 Å². The van der Waals surface area contributed by atoms with Crippen molar-refractivity contribution in [1.29, 1.82) is 0 Å². The molecule has 2 heterocycles. The molecule has 260 valence electrons. The van der Waals surface area contributed by atoms with Crippen molar-refractivity contribution in [3.05, 3.63) is 216 Å². The summed E-state index contributed by atoms with van der Waals surface area (Å²) in [6.45, 7) is 0.